The van der Waals surface area contributed by atoms with Crippen molar-refractivity contribution < 1.29 is 9.84 Å². The standard InChI is InChI=1S/C17H20BrNO2/c1-12(20)15-9-8-14(10-16(15)18)19(2)11-13-6-4-5-7-17(13)21-3/h4-10,12,20H,11H2,1-3H3/t12-/m1/s1. The van der Waals surface area contributed by atoms with Gasteiger partial charge in [-0.1, -0.05) is 40.2 Å². The number of rotatable bonds is 5. The van der Waals surface area contributed by atoms with Gasteiger partial charge in [0.15, 0.2) is 0 Å². The Morgan fingerprint density at radius 2 is 1.95 bits per heavy atom. The molecule has 0 spiro atoms. The second-order valence-corrected chi connectivity index (χ2v) is 5.90. The van der Waals surface area contributed by atoms with E-state index in [9.17, 15) is 5.11 Å². The van der Waals surface area contributed by atoms with Crippen LogP contribution in [0.1, 0.15) is 24.2 Å². The third kappa shape index (κ3) is 3.77. The average Bonchev–Trinajstić information content (AvgIpc) is 2.47. The highest BCUT2D eigenvalue weighted by Gasteiger charge is 2.10. The van der Waals surface area contributed by atoms with Gasteiger partial charge in [0.05, 0.1) is 13.2 Å². The van der Waals surface area contributed by atoms with Crippen molar-refractivity contribution in [1.82, 2.24) is 0 Å². The summed E-state index contributed by atoms with van der Waals surface area (Å²) in [4.78, 5) is 2.15. The minimum Gasteiger partial charge on any atom is -0.496 e. The third-order valence-corrected chi connectivity index (χ3v) is 4.16. The van der Waals surface area contributed by atoms with Gasteiger partial charge in [-0.25, -0.2) is 0 Å². The second kappa shape index (κ2) is 6.96. The summed E-state index contributed by atoms with van der Waals surface area (Å²) in [6.45, 7) is 2.52. The minimum atomic E-state index is -0.479. The average molecular weight is 350 g/mol. The van der Waals surface area contributed by atoms with Crippen LogP contribution >= 0.6 is 15.9 Å². The van der Waals surface area contributed by atoms with Crippen LogP contribution < -0.4 is 9.64 Å². The highest BCUT2D eigenvalue weighted by Crippen LogP contribution is 2.29. The zero-order valence-electron chi connectivity index (χ0n) is 12.5. The SMILES string of the molecule is COc1ccccc1CN(C)c1ccc([C@@H](C)O)c(Br)c1. The number of hydrogen-bond donors (Lipinski definition) is 1. The van der Waals surface area contributed by atoms with E-state index < -0.39 is 6.10 Å². The van der Waals surface area contributed by atoms with Crippen LogP contribution in [-0.2, 0) is 6.54 Å². The van der Waals surface area contributed by atoms with E-state index in [1.807, 2.05) is 43.4 Å². The molecule has 3 nitrogen and oxygen atoms in total. The van der Waals surface area contributed by atoms with E-state index in [1.54, 1.807) is 14.0 Å². The van der Waals surface area contributed by atoms with Crippen molar-refractivity contribution in [2.75, 3.05) is 19.1 Å². The van der Waals surface area contributed by atoms with Crippen LogP contribution in [0.2, 0.25) is 0 Å². The summed E-state index contributed by atoms with van der Waals surface area (Å²) in [5, 5.41) is 9.68. The number of para-hydroxylation sites is 1. The van der Waals surface area contributed by atoms with Gasteiger partial charge in [0.1, 0.15) is 5.75 Å². The molecule has 2 rings (SSSR count). The molecular formula is C17H20BrNO2. The number of aliphatic hydroxyl groups excluding tert-OH is 1. The largest absolute Gasteiger partial charge is 0.496 e. The Balaban J connectivity index is 2.20. The smallest absolute Gasteiger partial charge is 0.123 e. The van der Waals surface area contributed by atoms with Crippen molar-refractivity contribution in [2.45, 2.75) is 19.6 Å². The molecule has 1 atom stereocenters. The predicted octanol–water partition coefficient (Wildman–Crippen LogP) is 4.15. The first-order valence-electron chi connectivity index (χ1n) is 6.83. The first-order chi connectivity index (χ1) is 10.0. The quantitative estimate of drug-likeness (QED) is 0.880. The third-order valence-electron chi connectivity index (χ3n) is 3.47. The molecule has 1 N–H and O–H groups in total. The van der Waals surface area contributed by atoms with E-state index in [-0.39, 0.29) is 0 Å². The van der Waals surface area contributed by atoms with Crippen LogP contribution in [0.4, 0.5) is 5.69 Å². The summed E-state index contributed by atoms with van der Waals surface area (Å²) in [5.74, 6) is 0.893. The van der Waals surface area contributed by atoms with Gasteiger partial charge in [-0.3, -0.25) is 0 Å². The van der Waals surface area contributed by atoms with Crippen LogP contribution in [0.25, 0.3) is 0 Å². The first kappa shape index (κ1) is 15.9. The van der Waals surface area contributed by atoms with Crippen LogP contribution in [0, 0.1) is 0 Å². The lowest BCUT2D eigenvalue weighted by atomic mass is 10.1. The minimum absolute atomic E-state index is 0.479. The Morgan fingerprint density at radius 3 is 2.57 bits per heavy atom. The summed E-state index contributed by atoms with van der Waals surface area (Å²) >= 11 is 3.52. The Morgan fingerprint density at radius 1 is 1.24 bits per heavy atom. The van der Waals surface area contributed by atoms with E-state index in [2.05, 4.69) is 26.9 Å². The lowest BCUT2D eigenvalue weighted by molar-refractivity contribution is 0.198. The van der Waals surface area contributed by atoms with E-state index in [0.29, 0.717) is 0 Å². The van der Waals surface area contributed by atoms with Gasteiger partial charge in [0.25, 0.3) is 0 Å². The van der Waals surface area contributed by atoms with Gasteiger partial charge < -0.3 is 14.7 Å². The molecule has 0 aliphatic rings. The molecule has 0 aromatic heterocycles. The van der Waals surface area contributed by atoms with Gasteiger partial charge in [-0.2, -0.15) is 0 Å². The monoisotopic (exact) mass is 349 g/mol. The fourth-order valence-corrected chi connectivity index (χ4v) is 2.97. The Kier molecular flexibility index (Phi) is 5.26. The predicted molar refractivity (Wildman–Crippen MR) is 89.9 cm³/mol. The second-order valence-electron chi connectivity index (χ2n) is 5.05. The van der Waals surface area contributed by atoms with Gasteiger partial charge in [0.2, 0.25) is 0 Å². The van der Waals surface area contributed by atoms with Gasteiger partial charge in [-0.15, -0.1) is 0 Å². The van der Waals surface area contributed by atoms with Crippen molar-refractivity contribution in [2.24, 2.45) is 0 Å². The van der Waals surface area contributed by atoms with E-state index in [1.165, 1.54) is 0 Å². The number of aliphatic hydroxyl groups is 1. The van der Waals surface area contributed by atoms with E-state index in [4.69, 9.17) is 4.74 Å². The number of halogens is 1. The number of methoxy groups -OCH3 is 1. The molecule has 4 heteroatoms. The van der Waals surface area contributed by atoms with Crippen molar-refractivity contribution in [3.05, 3.63) is 58.1 Å². The number of hydrogen-bond acceptors (Lipinski definition) is 3. The molecule has 0 unspecified atom stereocenters. The molecule has 2 aromatic rings. The molecule has 0 aliphatic carbocycles. The lowest BCUT2D eigenvalue weighted by Crippen LogP contribution is -2.17. The molecule has 0 amide bonds. The molecule has 0 bridgehead atoms. The normalized spacial score (nSPS) is 12.0. The van der Waals surface area contributed by atoms with Crippen molar-refractivity contribution in [3.63, 3.8) is 0 Å². The molecule has 112 valence electrons. The molecule has 2 aromatic carbocycles. The van der Waals surface area contributed by atoms with Crippen molar-refractivity contribution in [1.29, 1.82) is 0 Å². The highest BCUT2D eigenvalue weighted by molar-refractivity contribution is 9.10. The van der Waals surface area contributed by atoms with Gasteiger partial charge >= 0.3 is 0 Å². The summed E-state index contributed by atoms with van der Waals surface area (Å²) in [7, 11) is 3.73. The van der Waals surface area contributed by atoms with Crippen molar-refractivity contribution in [3.8, 4) is 5.75 Å². The molecule has 0 fully saturated rings. The van der Waals surface area contributed by atoms with Crippen LogP contribution in [-0.4, -0.2) is 19.3 Å². The first-order valence-corrected chi connectivity index (χ1v) is 7.62. The van der Waals surface area contributed by atoms with Crippen LogP contribution in [0.5, 0.6) is 5.75 Å². The maximum atomic E-state index is 9.68. The zero-order chi connectivity index (χ0) is 15.4. The van der Waals surface area contributed by atoms with Crippen LogP contribution in [0.3, 0.4) is 0 Å². The summed E-state index contributed by atoms with van der Waals surface area (Å²) in [6.07, 6.45) is -0.479. The topological polar surface area (TPSA) is 32.7 Å². The Hall–Kier alpha value is -1.52. The number of benzene rings is 2. The lowest BCUT2D eigenvalue weighted by Gasteiger charge is -2.22. The Labute approximate surface area is 134 Å². The summed E-state index contributed by atoms with van der Waals surface area (Å²) in [5.41, 5.74) is 3.11. The number of anilines is 1. The molecule has 0 saturated carbocycles. The highest BCUT2D eigenvalue weighted by atomic mass is 79.9. The van der Waals surface area contributed by atoms with E-state index >= 15 is 0 Å². The summed E-state index contributed by atoms with van der Waals surface area (Å²) < 4.78 is 6.31. The van der Waals surface area contributed by atoms with Crippen LogP contribution in [0.15, 0.2) is 46.9 Å². The molecule has 0 aliphatic heterocycles. The molecule has 21 heavy (non-hydrogen) atoms. The molecule has 0 radical (unpaired) electrons. The number of nitrogens with zero attached hydrogens (tertiary/aromatic N) is 1. The number of ether oxygens (including phenoxy) is 1. The van der Waals surface area contributed by atoms with Gasteiger partial charge in [0, 0.05) is 29.3 Å². The Bertz CT molecular complexity index is 613. The maximum absolute atomic E-state index is 9.68. The fourth-order valence-electron chi connectivity index (χ4n) is 2.27. The fraction of sp³-hybridized carbons (Fsp3) is 0.294. The maximum Gasteiger partial charge on any atom is 0.123 e. The molecular weight excluding hydrogens is 330 g/mol. The summed E-state index contributed by atoms with van der Waals surface area (Å²) in [6, 6.07) is 14.0. The zero-order valence-corrected chi connectivity index (χ0v) is 14.1. The van der Waals surface area contributed by atoms with E-state index in [0.717, 1.165) is 33.6 Å². The van der Waals surface area contributed by atoms with Crippen molar-refractivity contribution >= 4 is 21.6 Å². The van der Waals surface area contributed by atoms with Gasteiger partial charge in [-0.05, 0) is 30.7 Å². The molecule has 0 heterocycles. The molecule has 0 saturated heterocycles.